The molecule has 0 radical (unpaired) electrons. The highest BCUT2D eigenvalue weighted by molar-refractivity contribution is 6.37. The van der Waals surface area contributed by atoms with Gasteiger partial charge in [-0.1, -0.05) is 130 Å². The van der Waals surface area contributed by atoms with Crippen LogP contribution in [0.1, 0.15) is 198 Å². The molecular formula is C56H94N8O12. The van der Waals surface area contributed by atoms with E-state index in [4.69, 9.17) is 20.9 Å². The molecule has 2 saturated carbocycles. The number of primary amides is 2. The van der Waals surface area contributed by atoms with Crippen molar-refractivity contribution in [2.75, 3.05) is 13.1 Å². The van der Waals surface area contributed by atoms with Crippen molar-refractivity contribution in [1.82, 2.24) is 31.1 Å². The van der Waals surface area contributed by atoms with Crippen LogP contribution in [0, 0.1) is 34.5 Å². The van der Waals surface area contributed by atoms with Crippen LogP contribution in [0.2, 0.25) is 0 Å². The highest BCUT2D eigenvalue weighted by atomic mass is 16.6. The van der Waals surface area contributed by atoms with Crippen molar-refractivity contribution in [1.29, 1.82) is 0 Å². The van der Waals surface area contributed by atoms with Crippen molar-refractivity contribution in [3.05, 3.63) is 0 Å². The molecule has 8 amide bonds. The van der Waals surface area contributed by atoms with Crippen molar-refractivity contribution in [2.24, 2.45) is 46.0 Å². The second-order valence-corrected chi connectivity index (χ2v) is 25.7. The average Bonchev–Trinajstić information content (AvgIpc) is 3.75. The number of Topliss-reactive ketones (excluding diaryl/α,β-unsaturated/α-hetero) is 1. The third kappa shape index (κ3) is 16.5. The van der Waals surface area contributed by atoms with Gasteiger partial charge in [-0.2, -0.15) is 0 Å². The zero-order valence-electron chi connectivity index (χ0n) is 47.4. The molecule has 20 nitrogen and oxygen atoms in total. The Labute approximate surface area is 451 Å². The van der Waals surface area contributed by atoms with E-state index in [1.807, 2.05) is 0 Å². The molecule has 9 N–H and O–H groups in total. The number of fused-ring (bicyclic) bond motifs is 6. The maximum absolute atomic E-state index is 13.9. The van der Waals surface area contributed by atoms with E-state index in [9.17, 15) is 48.3 Å². The standard InChI is InChI=1S/C28H48N4O6.C28H46N4O6/c2*1-27(2,3)38-26(37)31-19-15-13-11-9-7-6-8-10-12-14-18(22(33)23(29)34)30-24(35)21-20-17(28(20,4)5)16-32(21)25(19)36/h17-22,33H,6-16H2,1-5H3,(H2,29,34)(H,30,35)(H,31,37);17-21H,6-16H2,1-5H3,(H2,29,34)(H,30,35)(H,31,37)/t17-,18-,19-,20-,21-,22?;17-,18-,19-,20-,21-/m00/s1. The lowest BCUT2D eigenvalue weighted by atomic mass is 9.97. The maximum Gasteiger partial charge on any atom is 0.408 e. The number of carbonyl (C=O) groups excluding carboxylic acids is 9. The molecule has 20 heteroatoms. The number of hydrogen-bond donors (Lipinski definition) is 7. The number of ketones is 1. The number of amides is 8. The molecule has 4 aliphatic heterocycles. The highest BCUT2D eigenvalue weighted by Crippen LogP contribution is 2.66. The van der Waals surface area contributed by atoms with E-state index in [1.165, 1.54) is 0 Å². The summed E-state index contributed by atoms with van der Waals surface area (Å²) in [6.45, 7) is 19.7. The van der Waals surface area contributed by atoms with Gasteiger partial charge in [-0.3, -0.25) is 33.6 Å². The molecule has 4 saturated heterocycles. The van der Waals surface area contributed by atoms with E-state index in [-0.39, 0.29) is 52.2 Å². The van der Waals surface area contributed by atoms with Crippen molar-refractivity contribution in [3.63, 3.8) is 0 Å². The highest BCUT2D eigenvalue weighted by Gasteiger charge is 2.71. The Morgan fingerprint density at radius 3 is 1.26 bits per heavy atom. The van der Waals surface area contributed by atoms with Crippen LogP contribution in [0.25, 0.3) is 0 Å². The van der Waals surface area contributed by atoms with Crippen LogP contribution < -0.4 is 32.7 Å². The second-order valence-electron chi connectivity index (χ2n) is 25.7. The first kappa shape index (κ1) is 61.8. The van der Waals surface area contributed by atoms with Crippen LogP contribution >= 0.6 is 0 Å². The Bertz CT molecular complexity index is 2100. The average molecular weight is 1070 g/mol. The SMILES string of the molecule is CC(C)(C)OC(=O)N[C@H]1CCCCCCCCCC[C@@H](C(=O)C(N)=O)NC(=O)[C@@H]2[C@@H]3[C@H](CN2C1=O)C3(C)C.CC(C)(C)OC(=O)N[C@H]1CCCCCCCCCC[C@@H](C(O)C(N)=O)NC(=O)[C@@H]2[C@@H]3[C@H](CN2C1=O)C3(C)C. The molecule has 0 aromatic carbocycles. The minimum atomic E-state index is -1.50. The van der Waals surface area contributed by atoms with Crippen molar-refractivity contribution < 1.29 is 57.7 Å². The van der Waals surface area contributed by atoms with E-state index in [1.54, 1.807) is 51.3 Å². The number of ether oxygens (including phenoxy) is 2. The molecule has 76 heavy (non-hydrogen) atoms. The van der Waals surface area contributed by atoms with E-state index in [0.29, 0.717) is 45.2 Å². The summed E-state index contributed by atoms with van der Waals surface area (Å²) in [5.74, 6) is -4.03. The maximum atomic E-state index is 13.9. The molecule has 0 aromatic rings. The third-order valence-corrected chi connectivity index (χ3v) is 16.9. The number of rotatable bonds is 6. The lowest BCUT2D eigenvalue weighted by Gasteiger charge is -2.34. The lowest BCUT2D eigenvalue weighted by molar-refractivity contribution is -0.143. The molecular weight excluding hydrogens is 977 g/mol. The molecule has 11 atom stereocenters. The molecule has 1 unspecified atom stereocenters. The summed E-state index contributed by atoms with van der Waals surface area (Å²) in [5, 5.41) is 21.6. The summed E-state index contributed by atoms with van der Waals surface area (Å²) in [4.78, 5) is 120. The number of nitrogens with zero attached hydrogens (tertiary/aromatic N) is 2. The smallest absolute Gasteiger partial charge is 0.408 e. The van der Waals surface area contributed by atoms with Gasteiger partial charge >= 0.3 is 12.2 Å². The molecule has 430 valence electrons. The number of alkyl carbamates (subject to hydrolysis) is 2. The van der Waals surface area contributed by atoms with Gasteiger partial charge in [0, 0.05) is 13.1 Å². The van der Waals surface area contributed by atoms with Crippen LogP contribution in [-0.4, -0.2) is 135 Å². The number of nitrogens with two attached hydrogens (primary N) is 2. The summed E-state index contributed by atoms with van der Waals surface area (Å²) in [6.07, 6.45) is 13.9. The van der Waals surface area contributed by atoms with Gasteiger partial charge in [-0.15, -0.1) is 0 Å². The minimum absolute atomic E-state index is 0.0397. The summed E-state index contributed by atoms with van der Waals surface area (Å²) in [5.41, 5.74) is 9.02. The molecule has 0 aromatic heterocycles. The van der Waals surface area contributed by atoms with E-state index in [2.05, 4.69) is 49.0 Å². The number of hydrogen-bond acceptors (Lipinski definition) is 12. The van der Waals surface area contributed by atoms with Crippen molar-refractivity contribution in [2.45, 2.75) is 251 Å². The number of nitrogens with one attached hydrogen (secondary N) is 4. The molecule has 6 aliphatic rings. The predicted molar refractivity (Wildman–Crippen MR) is 284 cm³/mol. The van der Waals surface area contributed by atoms with Crippen LogP contribution in [0.15, 0.2) is 0 Å². The Balaban J connectivity index is 0.000000281. The van der Waals surface area contributed by atoms with Gasteiger partial charge in [0.15, 0.2) is 6.10 Å². The Morgan fingerprint density at radius 2 is 0.908 bits per heavy atom. The fourth-order valence-electron chi connectivity index (χ4n) is 12.4. The number of piperidine rings is 2. The van der Waals surface area contributed by atoms with Crippen LogP contribution in [0.4, 0.5) is 9.59 Å². The van der Waals surface area contributed by atoms with Gasteiger partial charge in [0.1, 0.15) is 35.4 Å². The molecule has 6 rings (SSSR count). The van der Waals surface area contributed by atoms with E-state index < -0.39 is 89.2 Å². The van der Waals surface area contributed by atoms with E-state index >= 15 is 0 Å². The number of carbonyl (C=O) groups is 9. The zero-order valence-corrected chi connectivity index (χ0v) is 47.4. The lowest BCUT2D eigenvalue weighted by Crippen LogP contribution is -2.58. The first-order chi connectivity index (χ1) is 35.5. The summed E-state index contributed by atoms with van der Waals surface area (Å²) in [6, 6.07) is -4.98. The van der Waals surface area contributed by atoms with Crippen LogP contribution in [0.3, 0.4) is 0 Å². The number of aliphatic hydroxyl groups excluding tert-OH is 1. The molecule has 0 spiro atoms. The summed E-state index contributed by atoms with van der Waals surface area (Å²) < 4.78 is 10.8. The third-order valence-electron chi connectivity index (χ3n) is 16.9. The Kier molecular flexibility index (Phi) is 21.2. The van der Waals surface area contributed by atoms with Crippen LogP contribution in [-0.2, 0) is 43.0 Å². The Hall–Kier alpha value is -5.01. The summed E-state index contributed by atoms with van der Waals surface area (Å²) >= 11 is 0. The van der Waals surface area contributed by atoms with Gasteiger partial charge < -0.3 is 57.1 Å². The van der Waals surface area contributed by atoms with Crippen molar-refractivity contribution in [3.8, 4) is 0 Å². The topological polar surface area (TPSA) is 299 Å². The fraction of sp³-hybridized carbons (Fsp3) is 0.839. The largest absolute Gasteiger partial charge is 0.444 e. The van der Waals surface area contributed by atoms with E-state index in [0.717, 1.165) is 96.3 Å². The van der Waals surface area contributed by atoms with Gasteiger partial charge in [-0.05, 0) is 102 Å². The Morgan fingerprint density at radius 1 is 0.566 bits per heavy atom. The van der Waals surface area contributed by atoms with Gasteiger partial charge in [-0.25, -0.2) is 9.59 Å². The second kappa shape index (κ2) is 26.1. The summed E-state index contributed by atoms with van der Waals surface area (Å²) in [7, 11) is 0. The fourth-order valence-corrected chi connectivity index (χ4v) is 12.4. The molecule has 6 fully saturated rings. The minimum Gasteiger partial charge on any atom is -0.444 e. The molecule has 2 aliphatic carbocycles. The predicted octanol–water partition coefficient (Wildman–Crippen LogP) is 5.42. The molecule has 4 heterocycles. The monoisotopic (exact) mass is 1070 g/mol. The van der Waals surface area contributed by atoms with Gasteiger partial charge in [0.2, 0.25) is 35.3 Å². The van der Waals surface area contributed by atoms with Gasteiger partial charge in [0.25, 0.3) is 5.91 Å². The van der Waals surface area contributed by atoms with Crippen LogP contribution in [0.5, 0.6) is 0 Å². The first-order valence-corrected chi connectivity index (χ1v) is 28.5. The quantitative estimate of drug-likeness (QED) is 0.164. The normalized spacial score (nSPS) is 31.2. The number of aliphatic hydroxyl groups is 1. The first-order valence-electron chi connectivity index (χ1n) is 28.5. The van der Waals surface area contributed by atoms with Gasteiger partial charge in [0.05, 0.1) is 12.1 Å². The molecule has 0 bridgehead atoms. The van der Waals surface area contributed by atoms with Crippen molar-refractivity contribution >= 4 is 53.4 Å². The zero-order chi connectivity index (χ0) is 56.5.